The number of nitrogens with one attached hydrogen (secondary N) is 2. The maximum Gasteiger partial charge on any atom is 0.419 e. The van der Waals surface area contributed by atoms with E-state index in [1.54, 1.807) is 36.6 Å². The lowest BCUT2D eigenvalue weighted by Gasteiger charge is -2.07. The van der Waals surface area contributed by atoms with E-state index < -0.39 is 5.76 Å². The summed E-state index contributed by atoms with van der Waals surface area (Å²) < 4.78 is 6.52. The minimum Gasteiger partial charge on any atom is -0.408 e. The van der Waals surface area contributed by atoms with Gasteiger partial charge in [-0.25, -0.2) is 14.6 Å². The van der Waals surface area contributed by atoms with Crippen LogP contribution < -0.4 is 16.4 Å². The number of hydrogen-bond acceptors (Lipinski definition) is 5. The van der Waals surface area contributed by atoms with Gasteiger partial charge in [0.05, 0.1) is 16.2 Å². The van der Waals surface area contributed by atoms with Crippen LogP contribution in [0.1, 0.15) is 17.6 Å². The standard InChI is InChI=1S/C16H18N4O3S/c1-3-14-18-11(9-24-14)6-7-17-15(21)19-10-4-5-12-13(8-10)23-16(22)20(12)2/h4-5,8-9H,3,6-7H2,1-2H3,(H2,17,19,21). The highest BCUT2D eigenvalue weighted by Crippen LogP contribution is 2.17. The number of fused-ring (bicyclic) bond motifs is 1. The molecule has 0 aliphatic carbocycles. The number of aryl methyl sites for hydroxylation is 2. The summed E-state index contributed by atoms with van der Waals surface area (Å²) in [5.41, 5.74) is 2.68. The Labute approximate surface area is 142 Å². The number of amides is 2. The van der Waals surface area contributed by atoms with Gasteiger partial charge in [0, 0.05) is 37.1 Å². The minimum absolute atomic E-state index is 0.307. The number of benzene rings is 1. The molecular formula is C16H18N4O3S. The van der Waals surface area contributed by atoms with E-state index in [9.17, 15) is 9.59 Å². The van der Waals surface area contributed by atoms with Gasteiger partial charge in [-0.2, -0.15) is 0 Å². The Morgan fingerprint density at radius 1 is 1.42 bits per heavy atom. The van der Waals surface area contributed by atoms with E-state index in [0.29, 0.717) is 29.8 Å². The van der Waals surface area contributed by atoms with Gasteiger partial charge in [-0.3, -0.25) is 4.57 Å². The van der Waals surface area contributed by atoms with Gasteiger partial charge >= 0.3 is 11.8 Å². The molecule has 0 radical (unpaired) electrons. The summed E-state index contributed by atoms with van der Waals surface area (Å²) in [5, 5.41) is 8.64. The molecule has 126 valence electrons. The third-order valence-corrected chi connectivity index (χ3v) is 4.66. The zero-order valence-electron chi connectivity index (χ0n) is 13.5. The van der Waals surface area contributed by atoms with Crippen molar-refractivity contribution < 1.29 is 9.21 Å². The smallest absolute Gasteiger partial charge is 0.408 e. The topological polar surface area (TPSA) is 89.2 Å². The molecule has 2 aromatic heterocycles. The second kappa shape index (κ2) is 6.88. The number of nitrogens with zero attached hydrogens (tertiary/aromatic N) is 2. The molecule has 0 saturated carbocycles. The van der Waals surface area contributed by atoms with Gasteiger partial charge in [0.25, 0.3) is 0 Å². The molecule has 3 rings (SSSR count). The molecule has 0 saturated heterocycles. The highest BCUT2D eigenvalue weighted by Gasteiger charge is 2.08. The second-order valence-electron chi connectivity index (χ2n) is 5.33. The molecular weight excluding hydrogens is 328 g/mol. The van der Waals surface area contributed by atoms with Crippen molar-refractivity contribution in [2.75, 3.05) is 11.9 Å². The predicted octanol–water partition coefficient (Wildman–Crippen LogP) is 2.51. The predicted molar refractivity (Wildman–Crippen MR) is 93.7 cm³/mol. The first-order chi connectivity index (χ1) is 11.6. The van der Waals surface area contributed by atoms with E-state index in [1.807, 2.05) is 5.38 Å². The van der Waals surface area contributed by atoms with Gasteiger partial charge in [0.1, 0.15) is 0 Å². The summed E-state index contributed by atoms with van der Waals surface area (Å²) in [4.78, 5) is 27.9. The van der Waals surface area contributed by atoms with Gasteiger partial charge < -0.3 is 15.1 Å². The van der Waals surface area contributed by atoms with Crippen LogP contribution in [0.4, 0.5) is 10.5 Å². The normalized spacial score (nSPS) is 10.9. The molecule has 0 aliphatic rings. The maximum atomic E-state index is 11.9. The number of rotatable bonds is 5. The summed E-state index contributed by atoms with van der Waals surface area (Å²) in [6.07, 6.45) is 1.62. The molecule has 0 aliphatic heterocycles. The second-order valence-corrected chi connectivity index (χ2v) is 6.27. The van der Waals surface area contributed by atoms with Crippen molar-refractivity contribution >= 4 is 34.2 Å². The number of carbonyl (C=O) groups excluding carboxylic acids is 1. The van der Waals surface area contributed by atoms with Crippen LogP contribution in [0.5, 0.6) is 0 Å². The summed E-state index contributed by atoms with van der Waals surface area (Å²) in [7, 11) is 1.64. The Hall–Kier alpha value is -2.61. The van der Waals surface area contributed by atoms with Gasteiger partial charge in [-0.05, 0) is 18.6 Å². The maximum absolute atomic E-state index is 11.9. The highest BCUT2D eigenvalue weighted by molar-refractivity contribution is 7.09. The number of carbonyl (C=O) groups is 1. The van der Waals surface area contributed by atoms with Gasteiger partial charge in [-0.15, -0.1) is 11.3 Å². The number of hydrogen-bond donors (Lipinski definition) is 2. The molecule has 2 N–H and O–H groups in total. The fourth-order valence-electron chi connectivity index (χ4n) is 2.32. The molecule has 0 atom stereocenters. The molecule has 24 heavy (non-hydrogen) atoms. The molecule has 0 fully saturated rings. The molecule has 0 bridgehead atoms. The van der Waals surface area contributed by atoms with Gasteiger partial charge in [-0.1, -0.05) is 6.92 Å². The Balaban J connectivity index is 1.55. The van der Waals surface area contributed by atoms with E-state index in [2.05, 4.69) is 22.5 Å². The zero-order chi connectivity index (χ0) is 17.1. The summed E-state index contributed by atoms with van der Waals surface area (Å²) in [6, 6.07) is 4.78. The fraction of sp³-hybridized carbons (Fsp3) is 0.312. The van der Waals surface area contributed by atoms with Gasteiger partial charge in [0.15, 0.2) is 5.58 Å². The quantitative estimate of drug-likeness (QED) is 0.743. The third-order valence-electron chi connectivity index (χ3n) is 3.62. The number of aromatic nitrogens is 2. The molecule has 1 aromatic carbocycles. The van der Waals surface area contributed by atoms with Crippen molar-refractivity contribution in [1.82, 2.24) is 14.9 Å². The van der Waals surface area contributed by atoms with Crippen LogP contribution in [0, 0.1) is 0 Å². The number of thiazole rings is 1. The Morgan fingerprint density at radius 3 is 3.00 bits per heavy atom. The van der Waals surface area contributed by atoms with Crippen molar-refractivity contribution in [2.45, 2.75) is 19.8 Å². The van der Waals surface area contributed by atoms with Gasteiger partial charge in [0.2, 0.25) is 0 Å². The van der Waals surface area contributed by atoms with Crippen LogP contribution in [-0.4, -0.2) is 22.1 Å². The van der Waals surface area contributed by atoms with E-state index >= 15 is 0 Å². The molecule has 0 spiro atoms. The largest absolute Gasteiger partial charge is 0.419 e. The van der Waals surface area contributed by atoms with Crippen molar-refractivity contribution in [1.29, 1.82) is 0 Å². The number of oxazole rings is 1. The lowest BCUT2D eigenvalue weighted by Crippen LogP contribution is -2.30. The average Bonchev–Trinajstić information content (AvgIpc) is 3.12. The van der Waals surface area contributed by atoms with E-state index in [1.165, 1.54) is 4.57 Å². The molecule has 8 heteroatoms. The lowest BCUT2D eigenvalue weighted by molar-refractivity contribution is 0.252. The van der Waals surface area contributed by atoms with Crippen LogP contribution in [-0.2, 0) is 19.9 Å². The van der Waals surface area contributed by atoms with E-state index in [4.69, 9.17) is 4.42 Å². The highest BCUT2D eigenvalue weighted by atomic mass is 32.1. The molecule has 7 nitrogen and oxygen atoms in total. The monoisotopic (exact) mass is 346 g/mol. The lowest BCUT2D eigenvalue weighted by atomic mass is 10.3. The van der Waals surface area contributed by atoms with E-state index in [0.717, 1.165) is 17.1 Å². The molecule has 2 heterocycles. The number of urea groups is 1. The summed E-state index contributed by atoms with van der Waals surface area (Å²) in [5.74, 6) is -0.429. The number of anilines is 1. The molecule has 2 amide bonds. The SMILES string of the molecule is CCc1nc(CCNC(=O)Nc2ccc3c(c2)oc(=O)n3C)cs1. The summed E-state index contributed by atoms with van der Waals surface area (Å²) in [6.45, 7) is 2.57. The van der Waals surface area contributed by atoms with Crippen LogP contribution in [0.2, 0.25) is 0 Å². The Kier molecular flexibility index (Phi) is 4.66. The van der Waals surface area contributed by atoms with Crippen LogP contribution in [0.25, 0.3) is 11.1 Å². The first-order valence-corrected chi connectivity index (χ1v) is 8.52. The Bertz CT molecular complexity index is 925. The first-order valence-electron chi connectivity index (χ1n) is 7.64. The zero-order valence-corrected chi connectivity index (χ0v) is 14.3. The van der Waals surface area contributed by atoms with Crippen LogP contribution in [0.15, 0.2) is 32.8 Å². The van der Waals surface area contributed by atoms with Crippen LogP contribution in [0.3, 0.4) is 0 Å². The van der Waals surface area contributed by atoms with Crippen molar-refractivity contribution in [3.8, 4) is 0 Å². The van der Waals surface area contributed by atoms with E-state index in [-0.39, 0.29) is 6.03 Å². The third kappa shape index (κ3) is 3.48. The Morgan fingerprint density at radius 2 is 2.25 bits per heavy atom. The van der Waals surface area contributed by atoms with Crippen molar-refractivity contribution in [2.24, 2.45) is 7.05 Å². The van der Waals surface area contributed by atoms with Crippen LogP contribution >= 0.6 is 11.3 Å². The first kappa shape index (κ1) is 16.3. The minimum atomic E-state index is -0.429. The van der Waals surface area contributed by atoms with Crippen molar-refractivity contribution in [3.63, 3.8) is 0 Å². The van der Waals surface area contributed by atoms with Crippen molar-refractivity contribution in [3.05, 3.63) is 44.8 Å². The summed E-state index contributed by atoms with van der Waals surface area (Å²) >= 11 is 1.64. The fourth-order valence-corrected chi connectivity index (χ4v) is 3.10. The average molecular weight is 346 g/mol. The molecule has 3 aromatic rings. The molecule has 0 unspecified atom stereocenters.